The van der Waals surface area contributed by atoms with Crippen molar-refractivity contribution in [1.82, 2.24) is 14.8 Å². The molecule has 0 amide bonds. The van der Waals surface area contributed by atoms with Gasteiger partial charge in [-0.25, -0.2) is 9.67 Å². The molecule has 3 heteroatoms. The van der Waals surface area contributed by atoms with Gasteiger partial charge in [-0.15, -0.1) is 0 Å². The second-order valence-electron chi connectivity index (χ2n) is 2.78. The van der Waals surface area contributed by atoms with Gasteiger partial charge in [0.15, 0.2) is 5.82 Å². The van der Waals surface area contributed by atoms with E-state index in [1.165, 1.54) is 6.42 Å². The maximum Gasteiger partial charge on any atom is 0.150 e. The molecule has 1 aliphatic heterocycles. The summed E-state index contributed by atoms with van der Waals surface area (Å²) >= 11 is 0. The van der Waals surface area contributed by atoms with Gasteiger partial charge in [0.1, 0.15) is 5.82 Å². The maximum atomic E-state index is 4.28. The van der Waals surface area contributed by atoms with Crippen LogP contribution in [-0.4, -0.2) is 14.8 Å². The molecule has 0 spiro atoms. The number of aryl methyl sites for hydroxylation is 2. The molecule has 11 heavy (non-hydrogen) atoms. The van der Waals surface area contributed by atoms with Gasteiger partial charge in [-0.1, -0.05) is 6.08 Å². The number of aromatic nitrogens is 3. The van der Waals surface area contributed by atoms with Gasteiger partial charge >= 0.3 is 0 Å². The molecule has 0 saturated carbocycles. The van der Waals surface area contributed by atoms with Gasteiger partial charge in [-0.05, 0) is 25.8 Å². The van der Waals surface area contributed by atoms with Gasteiger partial charge in [0.05, 0.1) is 0 Å². The van der Waals surface area contributed by atoms with Crippen LogP contribution in [-0.2, 0) is 6.54 Å². The number of allylic oxidation sites excluding steroid dienone is 1. The highest BCUT2D eigenvalue weighted by Gasteiger charge is 2.05. The van der Waals surface area contributed by atoms with Crippen molar-refractivity contribution in [3.63, 3.8) is 0 Å². The van der Waals surface area contributed by atoms with E-state index in [4.69, 9.17) is 0 Å². The molecule has 2 rings (SSSR count). The molecule has 1 aromatic rings. The molecule has 0 atom stereocenters. The van der Waals surface area contributed by atoms with E-state index >= 15 is 0 Å². The highest BCUT2D eigenvalue weighted by atomic mass is 15.3. The standard InChI is InChI=1S/C8H11N3/c1-7-9-8-5-3-2-4-6-11(8)10-7/h3,5H,2,4,6H2,1H3. The predicted octanol–water partition coefficient (Wildman–Crippen LogP) is 1.39. The lowest BCUT2D eigenvalue weighted by atomic mass is 10.3. The van der Waals surface area contributed by atoms with Crippen LogP contribution < -0.4 is 0 Å². The summed E-state index contributed by atoms with van der Waals surface area (Å²) in [6.45, 7) is 2.93. The van der Waals surface area contributed by atoms with Crippen molar-refractivity contribution < 1.29 is 0 Å². The topological polar surface area (TPSA) is 30.7 Å². The van der Waals surface area contributed by atoms with Crippen molar-refractivity contribution in [1.29, 1.82) is 0 Å². The van der Waals surface area contributed by atoms with Crippen LogP contribution in [0.4, 0.5) is 0 Å². The van der Waals surface area contributed by atoms with Gasteiger partial charge in [0.2, 0.25) is 0 Å². The molecule has 0 unspecified atom stereocenters. The zero-order valence-electron chi connectivity index (χ0n) is 6.62. The van der Waals surface area contributed by atoms with Crippen LogP contribution in [0.25, 0.3) is 6.08 Å². The van der Waals surface area contributed by atoms with Crippen LogP contribution >= 0.6 is 0 Å². The lowest BCUT2D eigenvalue weighted by Gasteiger charge is -1.96. The van der Waals surface area contributed by atoms with Crippen LogP contribution in [0.5, 0.6) is 0 Å². The lowest BCUT2D eigenvalue weighted by Crippen LogP contribution is -2.00. The second-order valence-corrected chi connectivity index (χ2v) is 2.78. The Morgan fingerprint density at radius 1 is 1.55 bits per heavy atom. The van der Waals surface area contributed by atoms with Crippen molar-refractivity contribution in [2.45, 2.75) is 26.3 Å². The Morgan fingerprint density at radius 2 is 2.45 bits per heavy atom. The van der Waals surface area contributed by atoms with E-state index in [0.29, 0.717) is 0 Å². The largest absolute Gasteiger partial charge is 0.246 e. The van der Waals surface area contributed by atoms with E-state index in [-0.39, 0.29) is 0 Å². The van der Waals surface area contributed by atoms with Gasteiger partial charge in [-0.2, -0.15) is 5.10 Å². The molecule has 0 aliphatic carbocycles. The van der Waals surface area contributed by atoms with E-state index in [9.17, 15) is 0 Å². The Morgan fingerprint density at radius 3 is 3.36 bits per heavy atom. The normalized spacial score (nSPS) is 16.1. The summed E-state index contributed by atoms with van der Waals surface area (Å²) in [7, 11) is 0. The van der Waals surface area contributed by atoms with Crippen LogP contribution in [0, 0.1) is 6.92 Å². The summed E-state index contributed by atoms with van der Waals surface area (Å²) in [5, 5.41) is 4.27. The minimum Gasteiger partial charge on any atom is -0.246 e. The fourth-order valence-electron chi connectivity index (χ4n) is 1.31. The Bertz CT molecular complexity index is 286. The van der Waals surface area contributed by atoms with Crippen LogP contribution in [0.3, 0.4) is 0 Å². The molecule has 1 aromatic heterocycles. The van der Waals surface area contributed by atoms with E-state index in [1.54, 1.807) is 0 Å². The highest BCUT2D eigenvalue weighted by molar-refractivity contribution is 5.40. The summed E-state index contributed by atoms with van der Waals surface area (Å²) in [6.07, 6.45) is 6.52. The molecule has 1 aliphatic rings. The van der Waals surface area contributed by atoms with Crippen LogP contribution in [0.1, 0.15) is 24.5 Å². The molecule has 0 saturated heterocycles. The van der Waals surface area contributed by atoms with E-state index < -0.39 is 0 Å². The molecule has 0 aromatic carbocycles. The Balaban J connectivity index is 2.44. The second kappa shape index (κ2) is 2.49. The highest BCUT2D eigenvalue weighted by Crippen LogP contribution is 2.08. The molecule has 0 fully saturated rings. The monoisotopic (exact) mass is 149 g/mol. The number of hydrogen-bond acceptors (Lipinski definition) is 2. The van der Waals surface area contributed by atoms with Crippen LogP contribution in [0.15, 0.2) is 6.08 Å². The zero-order chi connectivity index (χ0) is 7.68. The minimum absolute atomic E-state index is 0.867. The average molecular weight is 149 g/mol. The summed E-state index contributed by atoms with van der Waals surface area (Å²) in [5.74, 6) is 1.87. The molecule has 3 nitrogen and oxygen atoms in total. The van der Waals surface area contributed by atoms with E-state index in [2.05, 4.69) is 16.2 Å². The first-order chi connectivity index (χ1) is 5.36. The third kappa shape index (κ3) is 1.18. The molecular formula is C8H11N3. The summed E-state index contributed by atoms with van der Waals surface area (Å²) in [5.41, 5.74) is 0. The summed E-state index contributed by atoms with van der Waals surface area (Å²) in [6, 6.07) is 0. The van der Waals surface area contributed by atoms with Crippen molar-refractivity contribution in [2.75, 3.05) is 0 Å². The van der Waals surface area contributed by atoms with Crippen molar-refractivity contribution in [3.05, 3.63) is 17.7 Å². The van der Waals surface area contributed by atoms with Gasteiger partial charge < -0.3 is 0 Å². The number of fused-ring (bicyclic) bond motifs is 1. The number of hydrogen-bond donors (Lipinski definition) is 0. The third-order valence-corrected chi connectivity index (χ3v) is 1.81. The smallest absolute Gasteiger partial charge is 0.150 e. The average Bonchev–Trinajstić information content (AvgIpc) is 2.17. The first-order valence-corrected chi connectivity index (χ1v) is 3.94. The lowest BCUT2D eigenvalue weighted by molar-refractivity contribution is 0.581. The van der Waals surface area contributed by atoms with Gasteiger partial charge in [0, 0.05) is 6.54 Å². The fraction of sp³-hybridized carbons (Fsp3) is 0.500. The van der Waals surface area contributed by atoms with Crippen LogP contribution in [0.2, 0.25) is 0 Å². The molecule has 2 heterocycles. The molecule has 0 bridgehead atoms. The number of nitrogens with zero attached hydrogens (tertiary/aromatic N) is 3. The summed E-state index contributed by atoms with van der Waals surface area (Å²) < 4.78 is 1.97. The third-order valence-electron chi connectivity index (χ3n) is 1.81. The SMILES string of the molecule is Cc1nc2n(n1)CCCC=C2. The molecular weight excluding hydrogens is 138 g/mol. The fourth-order valence-corrected chi connectivity index (χ4v) is 1.31. The van der Waals surface area contributed by atoms with Gasteiger partial charge in [0.25, 0.3) is 0 Å². The van der Waals surface area contributed by atoms with Crippen molar-refractivity contribution in [3.8, 4) is 0 Å². The van der Waals surface area contributed by atoms with Crippen molar-refractivity contribution >= 4 is 6.08 Å². The van der Waals surface area contributed by atoms with E-state index in [1.807, 2.05) is 17.7 Å². The Kier molecular flexibility index (Phi) is 1.49. The molecule has 58 valence electrons. The quantitative estimate of drug-likeness (QED) is 0.558. The first-order valence-electron chi connectivity index (χ1n) is 3.94. The zero-order valence-corrected chi connectivity index (χ0v) is 6.62. The van der Waals surface area contributed by atoms with Gasteiger partial charge in [-0.3, -0.25) is 0 Å². The first kappa shape index (κ1) is 6.58. The molecule has 0 radical (unpaired) electrons. The Hall–Kier alpha value is -1.12. The minimum atomic E-state index is 0.867. The summed E-state index contributed by atoms with van der Waals surface area (Å²) in [4.78, 5) is 4.28. The van der Waals surface area contributed by atoms with E-state index in [0.717, 1.165) is 24.6 Å². The Labute approximate surface area is 65.8 Å². The number of rotatable bonds is 0. The predicted molar refractivity (Wildman–Crippen MR) is 43.0 cm³/mol. The maximum absolute atomic E-state index is 4.28. The molecule has 0 N–H and O–H groups in total. The van der Waals surface area contributed by atoms with Crippen molar-refractivity contribution in [2.24, 2.45) is 0 Å².